The molecule has 0 unspecified atom stereocenters. The van der Waals surface area contributed by atoms with Gasteiger partial charge in [0.1, 0.15) is 12.4 Å². The van der Waals surface area contributed by atoms with Crippen LogP contribution in [-0.4, -0.2) is 11.1 Å². The van der Waals surface area contributed by atoms with Gasteiger partial charge in [-0.3, -0.25) is 0 Å². The van der Waals surface area contributed by atoms with E-state index < -0.39 is 23.3 Å². The first-order valence-electron chi connectivity index (χ1n) is 6.09. The van der Waals surface area contributed by atoms with Crippen molar-refractivity contribution in [2.24, 2.45) is 0 Å². The Kier molecular flexibility index (Phi) is 4.94. The second-order valence-corrected chi connectivity index (χ2v) is 5.66. The van der Waals surface area contributed by atoms with Crippen LogP contribution in [0, 0.1) is 3.57 Å². The summed E-state index contributed by atoms with van der Waals surface area (Å²) in [4.78, 5) is 11.1. The van der Waals surface area contributed by atoms with Gasteiger partial charge in [-0.15, -0.1) is 0 Å². The summed E-state index contributed by atoms with van der Waals surface area (Å²) in [5, 5.41) is 9.07. The maximum absolute atomic E-state index is 12.6. The summed E-state index contributed by atoms with van der Waals surface area (Å²) in [6.45, 7) is -0.125. The lowest BCUT2D eigenvalue weighted by Gasteiger charge is -2.12. The summed E-state index contributed by atoms with van der Waals surface area (Å²) in [6.07, 6.45) is -4.58. The van der Waals surface area contributed by atoms with Crippen molar-refractivity contribution in [3.8, 4) is 5.75 Å². The van der Waals surface area contributed by atoms with Gasteiger partial charge in [0.25, 0.3) is 0 Å². The molecule has 0 aromatic heterocycles. The summed E-state index contributed by atoms with van der Waals surface area (Å²) >= 11 is 2.12. The van der Waals surface area contributed by atoms with E-state index in [0.717, 1.165) is 15.7 Å². The van der Waals surface area contributed by atoms with E-state index in [9.17, 15) is 18.0 Å². The first-order valence-corrected chi connectivity index (χ1v) is 7.17. The zero-order chi connectivity index (χ0) is 16.3. The van der Waals surface area contributed by atoms with Gasteiger partial charge < -0.3 is 9.84 Å². The zero-order valence-electron chi connectivity index (χ0n) is 11.0. The molecule has 0 saturated heterocycles. The Morgan fingerprint density at radius 3 is 2.32 bits per heavy atom. The van der Waals surface area contributed by atoms with Crippen molar-refractivity contribution in [1.29, 1.82) is 0 Å². The minimum Gasteiger partial charge on any atom is -0.489 e. The molecule has 2 aromatic carbocycles. The van der Waals surface area contributed by atoms with Gasteiger partial charge in [-0.05, 0) is 59.0 Å². The molecule has 0 spiro atoms. The third kappa shape index (κ3) is 4.12. The molecule has 7 heteroatoms. The lowest BCUT2D eigenvalue weighted by Crippen LogP contribution is -2.11. The van der Waals surface area contributed by atoms with E-state index in [4.69, 9.17) is 9.84 Å². The largest absolute Gasteiger partial charge is 0.489 e. The van der Waals surface area contributed by atoms with E-state index in [1.54, 1.807) is 24.3 Å². The Morgan fingerprint density at radius 1 is 1.14 bits per heavy atom. The van der Waals surface area contributed by atoms with Crippen molar-refractivity contribution < 1.29 is 27.8 Å². The van der Waals surface area contributed by atoms with Gasteiger partial charge in [-0.2, -0.15) is 13.2 Å². The summed E-state index contributed by atoms with van der Waals surface area (Å²) in [5.74, 6) is -0.913. The molecule has 116 valence electrons. The van der Waals surface area contributed by atoms with Crippen LogP contribution in [-0.2, 0) is 12.8 Å². The van der Waals surface area contributed by atoms with Crippen LogP contribution in [0.2, 0.25) is 0 Å². The molecule has 0 aliphatic heterocycles. The Morgan fingerprint density at radius 2 is 1.77 bits per heavy atom. The lowest BCUT2D eigenvalue weighted by atomic mass is 10.0. The molecule has 0 bridgehead atoms. The van der Waals surface area contributed by atoms with Crippen LogP contribution in [0.4, 0.5) is 13.2 Å². The summed E-state index contributed by atoms with van der Waals surface area (Å²) in [7, 11) is 0. The van der Waals surface area contributed by atoms with Crippen molar-refractivity contribution in [1.82, 2.24) is 0 Å². The lowest BCUT2D eigenvalue weighted by molar-refractivity contribution is -0.137. The number of ether oxygens (including phenoxy) is 1. The molecule has 0 heterocycles. The molecule has 0 saturated carbocycles. The van der Waals surface area contributed by atoms with E-state index in [-0.39, 0.29) is 12.2 Å². The summed E-state index contributed by atoms with van der Waals surface area (Å²) in [6, 6.07) is 9.60. The first kappa shape index (κ1) is 16.6. The number of rotatable bonds is 4. The van der Waals surface area contributed by atoms with Gasteiger partial charge in [0.05, 0.1) is 11.1 Å². The number of halogens is 4. The Balaban J connectivity index is 2.23. The van der Waals surface area contributed by atoms with Gasteiger partial charge in [0.15, 0.2) is 0 Å². The van der Waals surface area contributed by atoms with E-state index in [0.29, 0.717) is 11.8 Å². The topological polar surface area (TPSA) is 46.5 Å². The third-order valence-corrected chi connectivity index (χ3v) is 3.59. The molecule has 2 rings (SSSR count). The van der Waals surface area contributed by atoms with Crippen molar-refractivity contribution in [3.05, 3.63) is 62.7 Å². The van der Waals surface area contributed by atoms with Crippen molar-refractivity contribution >= 4 is 28.6 Å². The van der Waals surface area contributed by atoms with Gasteiger partial charge in [-0.1, -0.05) is 6.07 Å². The van der Waals surface area contributed by atoms with Crippen molar-refractivity contribution in [3.63, 3.8) is 0 Å². The smallest absolute Gasteiger partial charge is 0.416 e. The Hall–Kier alpha value is -1.77. The monoisotopic (exact) mass is 422 g/mol. The average molecular weight is 422 g/mol. The number of hydrogen-bond acceptors (Lipinski definition) is 2. The molecule has 2 aromatic rings. The molecule has 0 radical (unpaired) electrons. The summed E-state index contributed by atoms with van der Waals surface area (Å²) < 4.78 is 44.3. The van der Waals surface area contributed by atoms with E-state index in [1.807, 2.05) is 0 Å². The number of aromatic carboxylic acids is 1. The molecular formula is C15H10F3IO3. The first-order chi connectivity index (χ1) is 10.3. The molecular weight excluding hydrogens is 412 g/mol. The molecule has 3 nitrogen and oxygen atoms in total. The fourth-order valence-corrected chi connectivity index (χ4v) is 2.13. The van der Waals surface area contributed by atoms with Crippen LogP contribution >= 0.6 is 22.6 Å². The average Bonchev–Trinajstić information content (AvgIpc) is 2.45. The van der Waals surface area contributed by atoms with Crippen LogP contribution in [0.15, 0.2) is 42.5 Å². The minimum atomic E-state index is -4.58. The van der Waals surface area contributed by atoms with Crippen molar-refractivity contribution in [2.75, 3.05) is 0 Å². The molecule has 0 fully saturated rings. The number of carboxylic acids is 1. The van der Waals surface area contributed by atoms with Gasteiger partial charge in [0.2, 0.25) is 0 Å². The standard InChI is InChI=1S/C15H10F3IO3/c16-15(17,18)10-2-1-9(13(7-10)14(20)21)8-22-12-5-3-11(19)4-6-12/h1-7H,8H2,(H,20,21). The molecule has 0 amide bonds. The SMILES string of the molecule is O=C(O)c1cc(C(F)(F)F)ccc1COc1ccc(I)cc1. The van der Waals surface area contributed by atoms with Gasteiger partial charge in [-0.25, -0.2) is 4.79 Å². The highest BCUT2D eigenvalue weighted by molar-refractivity contribution is 14.1. The van der Waals surface area contributed by atoms with E-state index in [2.05, 4.69) is 22.6 Å². The predicted octanol–water partition coefficient (Wildman–Crippen LogP) is 4.59. The highest BCUT2D eigenvalue weighted by Gasteiger charge is 2.31. The second kappa shape index (κ2) is 6.55. The number of hydrogen-bond donors (Lipinski definition) is 1. The number of carboxylic acid groups (broad SMARTS) is 1. The van der Waals surface area contributed by atoms with Crippen LogP contribution in [0.1, 0.15) is 21.5 Å². The predicted molar refractivity (Wildman–Crippen MR) is 81.9 cm³/mol. The molecule has 0 aliphatic rings. The fraction of sp³-hybridized carbons (Fsp3) is 0.133. The van der Waals surface area contributed by atoms with E-state index >= 15 is 0 Å². The minimum absolute atomic E-state index is 0.125. The highest BCUT2D eigenvalue weighted by atomic mass is 127. The van der Waals surface area contributed by atoms with Crippen LogP contribution in [0.25, 0.3) is 0 Å². The van der Waals surface area contributed by atoms with Gasteiger partial charge in [0, 0.05) is 9.13 Å². The number of alkyl halides is 3. The van der Waals surface area contributed by atoms with Crippen LogP contribution in [0.5, 0.6) is 5.75 Å². The normalized spacial score (nSPS) is 11.3. The Labute approximate surface area is 137 Å². The van der Waals surface area contributed by atoms with Gasteiger partial charge >= 0.3 is 12.1 Å². The maximum Gasteiger partial charge on any atom is 0.416 e. The highest BCUT2D eigenvalue weighted by Crippen LogP contribution is 2.31. The second-order valence-electron chi connectivity index (χ2n) is 4.42. The third-order valence-electron chi connectivity index (χ3n) is 2.88. The quantitative estimate of drug-likeness (QED) is 0.734. The number of benzene rings is 2. The summed E-state index contributed by atoms with van der Waals surface area (Å²) in [5.41, 5.74) is -1.23. The maximum atomic E-state index is 12.6. The molecule has 1 N–H and O–H groups in total. The van der Waals surface area contributed by atoms with E-state index in [1.165, 1.54) is 0 Å². The van der Waals surface area contributed by atoms with Crippen LogP contribution < -0.4 is 4.74 Å². The molecule has 0 aliphatic carbocycles. The van der Waals surface area contributed by atoms with Crippen molar-refractivity contribution in [2.45, 2.75) is 12.8 Å². The zero-order valence-corrected chi connectivity index (χ0v) is 13.2. The number of carbonyl (C=O) groups is 1. The molecule has 0 atom stereocenters. The Bertz CT molecular complexity index is 681. The fourth-order valence-electron chi connectivity index (χ4n) is 1.77. The molecule has 22 heavy (non-hydrogen) atoms. The van der Waals surface area contributed by atoms with Crippen LogP contribution in [0.3, 0.4) is 0 Å².